The Morgan fingerprint density at radius 1 is 1.64 bits per heavy atom. The molecule has 1 atom stereocenters. The van der Waals surface area contributed by atoms with E-state index in [4.69, 9.17) is 16.7 Å². The lowest BCUT2D eigenvalue weighted by Gasteiger charge is -2.08. The minimum absolute atomic E-state index is 0.163. The second-order valence-corrected chi connectivity index (χ2v) is 4.51. The normalized spacial score (nSPS) is 12.6. The van der Waals surface area contributed by atoms with Crippen LogP contribution in [0.3, 0.4) is 0 Å². The summed E-state index contributed by atoms with van der Waals surface area (Å²) in [5.41, 5.74) is 1.08. The average Bonchev–Trinajstić information content (AvgIpc) is 2.16. The predicted octanol–water partition coefficient (Wildman–Crippen LogP) is 2.75. The highest BCUT2D eigenvalue weighted by Gasteiger charge is 2.15. The molecule has 0 aromatic heterocycles. The van der Waals surface area contributed by atoms with Crippen molar-refractivity contribution >= 4 is 33.3 Å². The van der Waals surface area contributed by atoms with Crippen molar-refractivity contribution in [2.24, 2.45) is 0 Å². The van der Waals surface area contributed by atoms with E-state index in [9.17, 15) is 4.79 Å². The number of benzene rings is 1. The van der Waals surface area contributed by atoms with Crippen LogP contribution in [-0.2, 0) is 6.61 Å². The molecule has 0 aliphatic rings. The van der Waals surface area contributed by atoms with Gasteiger partial charge in [-0.3, -0.25) is 4.79 Å². The average molecular weight is 278 g/mol. The third-order valence-corrected chi connectivity index (χ3v) is 2.56. The maximum atomic E-state index is 11.6. The van der Waals surface area contributed by atoms with Gasteiger partial charge in [-0.2, -0.15) is 0 Å². The van der Waals surface area contributed by atoms with E-state index >= 15 is 0 Å². The Bertz CT molecular complexity index is 350. The summed E-state index contributed by atoms with van der Waals surface area (Å²) in [4.78, 5) is 11.6. The van der Waals surface area contributed by atoms with Gasteiger partial charge in [-0.1, -0.05) is 15.9 Å². The Labute approximate surface area is 96.0 Å². The van der Waals surface area contributed by atoms with Crippen molar-refractivity contribution in [3.05, 3.63) is 33.8 Å². The number of halogens is 2. The predicted molar refractivity (Wildman–Crippen MR) is 59.7 cm³/mol. The van der Waals surface area contributed by atoms with Crippen LogP contribution in [0.2, 0.25) is 0 Å². The van der Waals surface area contributed by atoms with Crippen molar-refractivity contribution in [3.8, 4) is 0 Å². The number of Topliss-reactive ketones (excluding diaryl/α,β-unsaturated/α-hetero) is 1. The zero-order valence-electron chi connectivity index (χ0n) is 7.63. The summed E-state index contributed by atoms with van der Waals surface area (Å²) in [5, 5.41) is 8.49. The molecule has 1 N–H and O–H groups in total. The van der Waals surface area contributed by atoms with E-state index in [0.29, 0.717) is 11.1 Å². The van der Waals surface area contributed by atoms with Crippen molar-refractivity contribution in [2.75, 3.05) is 0 Å². The van der Waals surface area contributed by atoms with Gasteiger partial charge in [0.25, 0.3) is 0 Å². The summed E-state index contributed by atoms with van der Waals surface area (Å²) in [7, 11) is 0. The lowest BCUT2D eigenvalue weighted by atomic mass is 10.0. The van der Waals surface area contributed by atoms with Crippen molar-refractivity contribution < 1.29 is 9.90 Å². The molecule has 0 saturated carbocycles. The van der Waals surface area contributed by atoms with Gasteiger partial charge in [0.2, 0.25) is 0 Å². The number of hydrogen-bond donors (Lipinski definition) is 1. The molecule has 0 bridgehead atoms. The molecule has 0 amide bonds. The molecule has 0 aliphatic heterocycles. The maximum Gasteiger partial charge on any atom is 0.180 e. The summed E-state index contributed by atoms with van der Waals surface area (Å²) >= 11 is 8.96. The fourth-order valence-electron chi connectivity index (χ4n) is 1.15. The highest BCUT2D eigenvalue weighted by molar-refractivity contribution is 9.10. The van der Waals surface area contributed by atoms with Crippen molar-refractivity contribution in [1.29, 1.82) is 0 Å². The van der Waals surface area contributed by atoms with Crippen LogP contribution in [0.4, 0.5) is 0 Å². The van der Waals surface area contributed by atoms with E-state index in [0.717, 1.165) is 4.47 Å². The fraction of sp³-hybridized carbons (Fsp3) is 0.300. The second-order valence-electron chi connectivity index (χ2n) is 2.94. The van der Waals surface area contributed by atoms with Crippen LogP contribution in [-0.4, -0.2) is 16.3 Å². The van der Waals surface area contributed by atoms with Gasteiger partial charge < -0.3 is 5.11 Å². The van der Waals surface area contributed by atoms with Gasteiger partial charge in [0.05, 0.1) is 12.0 Å². The second kappa shape index (κ2) is 4.91. The van der Waals surface area contributed by atoms with Crippen LogP contribution >= 0.6 is 27.5 Å². The molecule has 1 aromatic rings. The van der Waals surface area contributed by atoms with Gasteiger partial charge in [-0.15, -0.1) is 11.6 Å². The minimum atomic E-state index is -0.568. The maximum absolute atomic E-state index is 11.6. The van der Waals surface area contributed by atoms with Crippen molar-refractivity contribution in [3.63, 3.8) is 0 Å². The highest BCUT2D eigenvalue weighted by Crippen LogP contribution is 2.19. The fourth-order valence-corrected chi connectivity index (χ4v) is 1.67. The van der Waals surface area contributed by atoms with Crippen LogP contribution in [0.15, 0.2) is 22.7 Å². The standard InChI is InChI=1S/C10H10BrClO2/c1-6(12)10(14)9-3-2-8(11)4-7(9)5-13/h2-4,6,13H,5H2,1H3. The number of rotatable bonds is 3. The van der Waals surface area contributed by atoms with Gasteiger partial charge in [0, 0.05) is 10.0 Å². The lowest BCUT2D eigenvalue weighted by molar-refractivity contribution is 0.0988. The molecule has 14 heavy (non-hydrogen) atoms. The number of aliphatic hydroxyl groups is 1. The van der Waals surface area contributed by atoms with Crippen LogP contribution in [0.25, 0.3) is 0 Å². The first kappa shape index (κ1) is 11.7. The highest BCUT2D eigenvalue weighted by atomic mass is 79.9. The number of carbonyl (C=O) groups is 1. The molecule has 4 heteroatoms. The monoisotopic (exact) mass is 276 g/mol. The Morgan fingerprint density at radius 2 is 2.29 bits per heavy atom. The quantitative estimate of drug-likeness (QED) is 0.681. The molecule has 1 aromatic carbocycles. The molecule has 0 spiro atoms. The third kappa shape index (κ3) is 2.56. The van der Waals surface area contributed by atoms with Crippen LogP contribution in [0, 0.1) is 0 Å². The van der Waals surface area contributed by atoms with E-state index in [1.807, 2.05) is 0 Å². The number of hydrogen-bond acceptors (Lipinski definition) is 2. The van der Waals surface area contributed by atoms with E-state index in [-0.39, 0.29) is 12.4 Å². The van der Waals surface area contributed by atoms with E-state index < -0.39 is 5.38 Å². The number of alkyl halides is 1. The van der Waals surface area contributed by atoms with Gasteiger partial charge in [0.1, 0.15) is 0 Å². The zero-order valence-corrected chi connectivity index (χ0v) is 9.97. The first-order valence-corrected chi connectivity index (χ1v) is 5.36. The number of carbonyl (C=O) groups excluding carboxylic acids is 1. The van der Waals surface area contributed by atoms with E-state index in [1.165, 1.54) is 0 Å². The molecule has 0 fully saturated rings. The minimum Gasteiger partial charge on any atom is -0.392 e. The SMILES string of the molecule is CC(Cl)C(=O)c1ccc(Br)cc1CO. The Morgan fingerprint density at radius 3 is 2.79 bits per heavy atom. The van der Waals surface area contributed by atoms with Gasteiger partial charge in [-0.05, 0) is 30.7 Å². The largest absolute Gasteiger partial charge is 0.392 e. The topological polar surface area (TPSA) is 37.3 Å². The van der Waals surface area contributed by atoms with Crippen LogP contribution < -0.4 is 0 Å². The molecule has 76 valence electrons. The molecular weight excluding hydrogens is 267 g/mol. The van der Waals surface area contributed by atoms with Gasteiger partial charge in [-0.25, -0.2) is 0 Å². The number of aliphatic hydroxyl groups excluding tert-OH is 1. The molecular formula is C10H10BrClO2. The van der Waals surface area contributed by atoms with Crippen molar-refractivity contribution in [2.45, 2.75) is 18.9 Å². The molecule has 0 heterocycles. The molecule has 0 radical (unpaired) electrons. The van der Waals surface area contributed by atoms with Gasteiger partial charge in [0.15, 0.2) is 5.78 Å². The molecule has 1 unspecified atom stereocenters. The van der Waals surface area contributed by atoms with Gasteiger partial charge >= 0.3 is 0 Å². The molecule has 0 saturated heterocycles. The Kier molecular flexibility index (Phi) is 4.11. The Hall–Kier alpha value is -0.380. The lowest BCUT2D eigenvalue weighted by Crippen LogP contribution is -2.13. The molecule has 2 nitrogen and oxygen atoms in total. The van der Waals surface area contributed by atoms with Crippen molar-refractivity contribution in [1.82, 2.24) is 0 Å². The van der Waals surface area contributed by atoms with Crippen LogP contribution in [0.5, 0.6) is 0 Å². The van der Waals surface area contributed by atoms with Crippen LogP contribution in [0.1, 0.15) is 22.8 Å². The Balaban J connectivity index is 3.14. The molecule has 0 aliphatic carbocycles. The van der Waals surface area contributed by atoms with E-state index in [1.54, 1.807) is 25.1 Å². The molecule has 1 rings (SSSR count). The number of ketones is 1. The van der Waals surface area contributed by atoms with E-state index in [2.05, 4.69) is 15.9 Å². The summed E-state index contributed by atoms with van der Waals surface area (Å²) in [6.45, 7) is 1.46. The first-order chi connectivity index (χ1) is 6.56. The first-order valence-electron chi connectivity index (χ1n) is 4.14. The zero-order chi connectivity index (χ0) is 10.7. The summed E-state index contributed by atoms with van der Waals surface area (Å²) in [6.07, 6.45) is 0. The third-order valence-electron chi connectivity index (χ3n) is 1.86. The smallest absolute Gasteiger partial charge is 0.180 e. The summed E-state index contributed by atoms with van der Waals surface area (Å²) in [6, 6.07) is 5.13. The summed E-state index contributed by atoms with van der Waals surface area (Å²) < 4.78 is 0.834. The summed E-state index contributed by atoms with van der Waals surface area (Å²) in [5.74, 6) is -0.164.